The van der Waals surface area contributed by atoms with E-state index in [1.54, 1.807) is 0 Å². The van der Waals surface area contributed by atoms with E-state index >= 15 is 0 Å². The quantitative estimate of drug-likeness (QED) is 0.476. The first-order chi connectivity index (χ1) is 11.6. The maximum atomic E-state index is 11.5. The van der Waals surface area contributed by atoms with Gasteiger partial charge in [0, 0.05) is 40.6 Å². The molecule has 10 heteroatoms. The average molecular weight is 378 g/mol. The van der Waals surface area contributed by atoms with Gasteiger partial charge in [-0.15, -0.1) is 0 Å². The summed E-state index contributed by atoms with van der Waals surface area (Å²) in [5.41, 5.74) is 0. The molecule has 0 N–H and O–H groups in total. The predicted molar refractivity (Wildman–Crippen MR) is 85.5 cm³/mol. The third-order valence-corrected chi connectivity index (χ3v) is 4.08. The molecular formula is C15H22O9S. The minimum Gasteiger partial charge on any atom is -0.456 e. The van der Waals surface area contributed by atoms with Crippen molar-refractivity contribution in [3.63, 3.8) is 0 Å². The number of carbonyl (C=O) groups is 4. The molecule has 0 aromatic heterocycles. The van der Waals surface area contributed by atoms with Crippen molar-refractivity contribution < 1.29 is 42.9 Å². The number of carbonyl (C=O) groups excluding carboxylic acids is 4. The van der Waals surface area contributed by atoms with Crippen LogP contribution in [-0.2, 0) is 42.9 Å². The van der Waals surface area contributed by atoms with Gasteiger partial charge in [0.25, 0.3) is 0 Å². The second-order valence-corrected chi connectivity index (χ2v) is 6.50. The van der Waals surface area contributed by atoms with Crippen LogP contribution in [0.2, 0.25) is 0 Å². The molecule has 0 unspecified atom stereocenters. The molecule has 0 amide bonds. The van der Waals surface area contributed by atoms with Crippen LogP contribution in [0.4, 0.5) is 0 Å². The van der Waals surface area contributed by atoms with Gasteiger partial charge in [0.15, 0.2) is 29.7 Å². The number of rotatable bonds is 6. The molecule has 0 aliphatic carbocycles. The van der Waals surface area contributed by atoms with Crippen LogP contribution in [0.5, 0.6) is 0 Å². The third kappa shape index (κ3) is 6.63. The molecule has 0 aromatic rings. The van der Waals surface area contributed by atoms with Gasteiger partial charge < -0.3 is 23.7 Å². The lowest BCUT2D eigenvalue weighted by atomic mass is 9.98. The Kier molecular flexibility index (Phi) is 8.33. The van der Waals surface area contributed by atoms with Crippen LogP contribution in [0.3, 0.4) is 0 Å². The Hall–Kier alpha value is -1.65. The Morgan fingerprint density at radius 1 is 0.840 bits per heavy atom. The number of thioether (sulfide) groups is 1. The molecule has 25 heavy (non-hydrogen) atoms. The molecule has 0 radical (unpaired) electrons. The summed E-state index contributed by atoms with van der Waals surface area (Å²) < 4.78 is 26.5. The lowest BCUT2D eigenvalue weighted by Gasteiger charge is -2.43. The van der Waals surface area contributed by atoms with Crippen LogP contribution < -0.4 is 0 Å². The van der Waals surface area contributed by atoms with Crippen molar-refractivity contribution in [3.8, 4) is 0 Å². The summed E-state index contributed by atoms with van der Waals surface area (Å²) in [7, 11) is 1.33. The summed E-state index contributed by atoms with van der Waals surface area (Å²) in [6.07, 6.45) is -5.20. The molecule has 0 spiro atoms. The van der Waals surface area contributed by atoms with Crippen LogP contribution in [0.15, 0.2) is 0 Å². The summed E-state index contributed by atoms with van der Waals surface area (Å²) in [5, 5.41) is -0.162. The maximum absolute atomic E-state index is 11.5. The number of esters is 3. The van der Waals surface area contributed by atoms with Crippen molar-refractivity contribution in [1.29, 1.82) is 0 Å². The molecule has 0 bridgehead atoms. The fraction of sp³-hybridized carbons (Fsp3) is 0.733. The molecule has 5 atom stereocenters. The Morgan fingerprint density at radius 3 is 1.76 bits per heavy atom. The minimum absolute atomic E-state index is 0.137. The van der Waals surface area contributed by atoms with Crippen LogP contribution in [-0.4, -0.2) is 66.6 Å². The van der Waals surface area contributed by atoms with Gasteiger partial charge in [0.05, 0.1) is 0 Å². The van der Waals surface area contributed by atoms with E-state index in [2.05, 4.69) is 0 Å². The van der Waals surface area contributed by atoms with Gasteiger partial charge in [-0.05, 0) is 0 Å². The smallest absolute Gasteiger partial charge is 0.303 e. The summed E-state index contributed by atoms with van der Waals surface area (Å²) in [6.45, 7) is 4.92. The first-order valence-corrected chi connectivity index (χ1v) is 8.47. The summed E-state index contributed by atoms with van der Waals surface area (Å²) in [5.74, 6) is -1.81. The summed E-state index contributed by atoms with van der Waals surface area (Å²) in [4.78, 5) is 45.6. The van der Waals surface area contributed by atoms with Gasteiger partial charge in [0.1, 0.15) is 6.10 Å². The highest BCUT2D eigenvalue weighted by atomic mass is 32.2. The van der Waals surface area contributed by atoms with Crippen molar-refractivity contribution in [2.75, 3.05) is 12.9 Å². The van der Waals surface area contributed by atoms with E-state index in [0.717, 1.165) is 11.8 Å². The van der Waals surface area contributed by atoms with Gasteiger partial charge in [0.2, 0.25) is 0 Å². The molecule has 1 saturated heterocycles. The van der Waals surface area contributed by atoms with Crippen LogP contribution in [0, 0.1) is 0 Å². The molecule has 1 aliphatic rings. The highest BCUT2D eigenvalue weighted by Crippen LogP contribution is 2.30. The molecule has 142 valence electrons. The van der Waals surface area contributed by atoms with Gasteiger partial charge in [-0.3, -0.25) is 19.2 Å². The SMILES string of the molecule is CO[C@H]1O[C@H](CSC(C)=O)[C@H](OC(C)=O)[C@H](OC(C)=O)[C@H]1OC(C)=O. The number of ether oxygens (including phenoxy) is 5. The highest BCUT2D eigenvalue weighted by Gasteiger charge is 2.52. The van der Waals surface area contributed by atoms with E-state index in [4.69, 9.17) is 23.7 Å². The Labute approximate surface area is 149 Å². The average Bonchev–Trinajstić information content (AvgIpc) is 2.48. The van der Waals surface area contributed by atoms with Gasteiger partial charge >= 0.3 is 17.9 Å². The molecule has 1 rings (SSSR count). The fourth-order valence-electron chi connectivity index (χ4n) is 2.38. The first kappa shape index (κ1) is 21.4. The molecule has 1 fully saturated rings. The second-order valence-electron chi connectivity index (χ2n) is 5.30. The normalized spacial score (nSPS) is 28.8. The molecular weight excluding hydrogens is 356 g/mol. The van der Waals surface area contributed by atoms with Crippen LogP contribution in [0.25, 0.3) is 0 Å². The minimum atomic E-state index is -1.14. The lowest BCUT2D eigenvalue weighted by Crippen LogP contribution is -2.62. The second kappa shape index (κ2) is 9.73. The van der Waals surface area contributed by atoms with Crippen molar-refractivity contribution in [2.24, 2.45) is 0 Å². The zero-order valence-corrected chi connectivity index (χ0v) is 15.5. The van der Waals surface area contributed by atoms with Crippen molar-refractivity contribution in [2.45, 2.75) is 58.4 Å². The number of hydrogen-bond acceptors (Lipinski definition) is 10. The van der Waals surface area contributed by atoms with Crippen LogP contribution >= 0.6 is 11.8 Å². The van der Waals surface area contributed by atoms with E-state index in [1.807, 2.05) is 0 Å². The number of hydrogen-bond donors (Lipinski definition) is 0. The van der Waals surface area contributed by atoms with Gasteiger partial charge in [-0.1, -0.05) is 11.8 Å². The molecule has 9 nitrogen and oxygen atoms in total. The predicted octanol–water partition coefficient (Wildman–Crippen LogP) is 0.432. The Bertz CT molecular complexity index is 521. The lowest BCUT2D eigenvalue weighted by molar-refractivity contribution is -0.293. The fourth-order valence-corrected chi connectivity index (χ4v) is 3.05. The Balaban J connectivity index is 3.18. The highest BCUT2D eigenvalue weighted by molar-refractivity contribution is 8.13. The summed E-state index contributed by atoms with van der Waals surface area (Å²) >= 11 is 0.958. The molecule has 0 aromatic carbocycles. The standard InChI is InChI=1S/C15H22O9S/c1-7(16)21-12-11(6-25-10(4)19)24-15(20-5)14(23-9(3)18)13(12)22-8(2)17/h11-15H,6H2,1-5H3/t11-,12+,13+,14-,15+/m1/s1. The largest absolute Gasteiger partial charge is 0.456 e. The maximum Gasteiger partial charge on any atom is 0.303 e. The van der Waals surface area contributed by atoms with E-state index in [9.17, 15) is 19.2 Å². The van der Waals surface area contributed by atoms with Crippen molar-refractivity contribution in [3.05, 3.63) is 0 Å². The van der Waals surface area contributed by atoms with Crippen LogP contribution in [0.1, 0.15) is 27.7 Å². The topological polar surface area (TPSA) is 114 Å². The van der Waals surface area contributed by atoms with E-state index in [0.29, 0.717) is 0 Å². The van der Waals surface area contributed by atoms with E-state index in [-0.39, 0.29) is 10.9 Å². The zero-order chi connectivity index (χ0) is 19.1. The van der Waals surface area contributed by atoms with Crippen molar-refractivity contribution >= 4 is 34.8 Å². The van der Waals surface area contributed by atoms with Gasteiger partial charge in [-0.25, -0.2) is 0 Å². The van der Waals surface area contributed by atoms with E-state index < -0.39 is 48.6 Å². The zero-order valence-electron chi connectivity index (χ0n) is 14.7. The van der Waals surface area contributed by atoms with Crippen molar-refractivity contribution in [1.82, 2.24) is 0 Å². The number of methoxy groups -OCH3 is 1. The van der Waals surface area contributed by atoms with E-state index in [1.165, 1.54) is 34.8 Å². The molecule has 0 saturated carbocycles. The van der Waals surface area contributed by atoms with Gasteiger partial charge in [-0.2, -0.15) is 0 Å². The molecule has 1 aliphatic heterocycles. The molecule has 1 heterocycles. The third-order valence-electron chi connectivity index (χ3n) is 3.18. The Morgan fingerprint density at radius 2 is 1.32 bits per heavy atom. The summed E-state index contributed by atoms with van der Waals surface area (Å²) in [6, 6.07) is 0. The first-order valence-electron chi connectivity index (χ1n) is 7.49. The monoisotopic (exact) mass is 378 g/mol.